The van der Waals surface area contributed by atoms with Crippen molar-refractivity contribution in [1.82, 2.24) is 25.3 Å². The molecule has 0 aliphatic heterocycles. The van der Waals surface area contributed by atoms with E-state index in [0.717, 1.165) is 19.5 Å². The Morgan fingerprint density at radius 3 is 2.59 bits per heavy atom. The number of urea groups is 1. The minimum Gasteiger partial charge on any atom is -0.338 e. The van der Waals surface area contributed by atoms with Gasteiger partial charge in [0.15, 0.2) is 0 Å². The van der Waals surface area contributed by atoms with E-state index in [0.29, 0.717) is 18.4 Å². The van der Waals surface area contributed by atoms with Crippen molar-refractivity contribution in [3.8, 4) is 0 Å². The Balaban J connectivity index is 2.32. The molecule has 2 unspecified atom stereocenters. The van der Waals surface area contributed by atoms with Gasteiger partial charge in [-0.3, -0.25) is 4.68 Å². The van der Waals surface area contributed by atoms with Crippen LogP contribution in [0.4, 0.5) is 4.79 Å². The third kappa shape index (κ3) is 8.02. The second kappa shape index (κ2) is 9.46. The molecular formula is C16H31N5O. The highest BCUT2D eigenvalue weighted by Crippen LogP contribution is 2.05. The summed E-state index contributed by atoms with van der Waals surface area (Å²) in [7, 11) is 4.05. The van der Waals surface area contributed by atoms with Crippen LogP contribution in [0.1, 0.15) is 27.2 Å². The Hall–Kier alpha value is -1.56. The largest absolute Gasteiger partial charge is 0.338 e. The van der Waals surface area contributed by atoms with Crippen LogP contribution in [0.25, 0.3) is 0 Å². The number of nitrogens with zero attached hydrogens (tertiary/aromatic N) is 3. The standard InChI is InChI=1S/C16H31N5O/c1-13(2)9-15(12-20(4)5)19-16(22)17-10-14(3)11-21-8-6-7-18-21/h6-8,13-15H,9-12H2,1-5H3,(H2,17,19,22). The van der Waals surface area contributed by atoms with Crippen molar-refractivity contribution in [3.63, 3.8) is 0 Å². The number of carbonyl (C=O) groups is 1. The van der Waals surface area contributed by atoms with Gasteiger partial charge in [0, 0.05) is 38.1 Å². The Morgan fingerprint density at radius 1 is 1.32 bits per heavy atom. The van der Waals surface area contributed by atoms with Crippen LogP contribution in [0.15, 0.2) is 18.5 Å². The molecule has 22 heavy (non-hydrogen) atoms. The maximum Gasteiger partial charge on any atom is 0.315 e. The second-order valence-electron chi connectivity index (χ2n) is 6.78. The number of carbonyl (C=O) groups excluding carboxylic acids is 1. The average molecular weight is 309 g/mol. The highest BCUT2D eigenvalue weighted by molar-refractivity contribution is 5.74. The quantitative estimate of drug-likeness (QED) is 0.731. The maximum atomic E-state index is 12.1. The third-order valence-corrected chi connectivity index (χ3v) is 3.35. The van der Waals surface area contributed by atoms with Crippen LogP contribution in [0.2, 0.25) is 0 Å². The van der Waals surface area contributed by atoms with Gasteiger partial charge in [-0.05, 0) is 38.4 Å². The fourth-order valence-corrected chi connectivity index (χ4v) is 2.48. The van der Waals surface area contributed by atoms with Gasteiger partial charge in [0.1, 0.15) is 0 Å². The number of hydrogen-bond acceptors (Lipinski definition) is 3. The number of aromatic nitrogens is 2. The molecule has 0 fully saturated rings. The lowest BCUT2D eigenvalue weighted by molar-refractivity contribution is 0.226. The molecule has 2 atom stereocenters. The fraction of sp³-hybridized carbons (Fsp3) is 0.750. The molecule has 0 aliphatic rings. The van der Waals surface area contributed by atoms with Crippen molar-refractivity contribution in [2.75, 3.05) is 27.2 Å². The third-order valence-electron chi connectivity index (χ3n) is 3.35. The summed E-state index contributed by atoms with van der Waals surface area (Å²) in [6, 6.07) is 2.00. The zero-order valence-corrected chi connectivity index (χ0v) is 14.5. The van der Waals surface area contributed by atoms with E-state index in [1.54, 1.807) is 6.20 Å². The molecule has 1 heterocycles. The molecule has 0 aliphatic carbocycles. The topological polar surface area (TPSA) is 62.2 Å². The van der Waals surface area contributed by atoms with Crippen molar-refractivity contribution in [2.45, 2.75) is 39.8 Å². The maximum absolute atomic E-state index is 12.1. The molecule has 0 bridgehead atoms. The minimum absolute atomic E-state index is 0.0835. The van der Waals surface area contributed by atoms with E-state index < -0.39 is 0 Å². The van der Waals surface area contributed by atoms with E-state index in [4.69, 9.17) is 0 Å². The summed E-state index contributed by atoms with van der Waals surface area (Å²) < 4.78 is 1.89. The summed E-state index contributed by atoms with van der Waals surface area (Å²) in [5.41, 5.74) is 0. The molecule has 6 heteroatoms. The van der Waals surface area contributed by atoms with Gasteiger partial charge >= 0.3 is 6.03 Å². The van der Waals surface area contributed by atoms with Gasteiger partial charge in [0.25, 0.3) is 0 Å². The van der Waals surface area contributed by atoms with Gasteiger partial charge in [0.2, 0.25) is 0 Å². The molecule has 2 amide bonds. The molecular weight excluding hydrogens is 278 g/mol. The summed E-state index contributed by atoms with van der Waals surface area (Å²) in [4.78, 5) is 14.2. The van der Waals surface area contributed by atoms with Crippen molar-refractivity contribution < 1.29 is 4.79 Å². The van der Waals surface area contributed by atoms with E-state index in [1.807, 2.05) is 31.0 Å². The van der Waals surface area contributed by atoms with Crippen LogP contribution in [-0.4, -0.2) is 53.9 Å². The first-order valence-electron chi connectivity index (χ1n) is 8.03. The van der Waals surface area contributed by atoms with Crippen LogP contribution in [-0.2, 0) is 6.54 Å². The zero-order valence-electron chi connectivity index (χ0n) is 14.5. The Bertz CT molecular complexity index is 406. The highest BCUT2D eigenvalue weighted by atomic mass is 16.2. The van der Waals surface area contributed by atoms with E-state index in [2.05, 4.69) is 41.4 Å². The van der Waals surface area contributed by atoms with E-state index in [-0.39, 0.29) is 12.1 Å². The van der Waals surface area contributed by atoms with Gasteiger partial charge in [0.05, 0.1) is 0 Å². The summed E-state index contributed by atoms with van der Waals surface area (Å²) >= 11 is 0. The Morgan fingerprint density at radius 2 is 2.05 bits per heavy atom. The number of likely N-dealkylation sites (N-methyl/N-ethyl adjacent to an activating group) is 1. The minimum atomic E-state index is -0.0835. The molecule has 1 aromatic heterocycles. The van der Waals surface area contributed by atoms with Crippen molar-refractivity contribution in [3.05, 3.63) is 18.5 Å². The SMILES string of the molecule is CC(C)CC(CN(C)C)NC(=O)NCC(C)Cn1cccn1. The van der Waals surface area contributed by atoms with Crippen molar-refractivity contribution in [2.24, 2.45) is 11.8 Å². The van der Waals surface area contributed by atoms with Crippen LogP contribution in [0.3, 0.4) is 0 Å². The van der Waals surface area contributed by atoms with Crippen molar-refractivity contribution in [1.29, 1.82) is 0 Å². The number of rotatable bonds is 9. The number of nitrogens with one attached hydrogen (secondary N) is 2. The average Bonchev–Trinajstić information content (AvgIpc) is 2.87. The number of hydrogen-bond donors (Lipinski definition) is 2. The molecule has 1 aromatic rings. The van der Waals surface area contributed by atoms with Crippen molar-refractivity contribution >= 4 is 6.03 Å². The predicted octanol–water partition coefficient (Wildman–Crippen LogP) is 1.79. The zero-order chi connectivity index (χ0) is 16.5. The van der Waals surface area contributed by atoms with Crippen LogP contribution in [0, 0.1) is 11.8 Å². The summed E-state index contributed by atoms with van der Waals surface area (Å²) in [6.45, 7) is 8.76. The van der Waals surface area contributed by atoms with Gasteiger partial charge in [-0.2, -0.15) is 5.10 Å². The molecule has 2 N–H and O–H groups in total. The molecule has 1 rings (SSSR count). The monoisotopic (exact) mass is 309 g/mol. The first-order valence-corrected chi connectivity index (χ1v) is 8.03. The lowest BCUT2D eigenvalue weighted by atomic mass is 10.0. The Kier molecular flexibility index (Phi) is 7.95. The normalized spacial score (nSPS) is 14.1. The first-order chi connectivity index (χ1) is 10.4. The molecule has 0 spiro atoms. The van der Waals surface area contributed by atoms with Gasteiger partial charge in [-0.25, -0.2) is 4.79 Å². The smallest absolute Gasteiger partial charge is 0.315 e. The lowest BCUT2D eigenvalue weighted by Crippen LogP contribution is -2.47. The van der Waals surface area contributed by atoms with Gasteiger partial charge < -0.3 is 15.5 Å². The van der Waals surface area contributed by atoms with E-state index >= 15 is 0 Å². The molecule has 0 saturated heterocycles. The molecule has 0 saturated carbocycles. The molecule has 0 radical (unpaired) electrons. The summed E-state index contributed by atoms with van der Waals surface area (Å²) in [5.74, 6) is 0.895. The first kappa shape index (κ1) is 18.5. The number of amides is 2. The highest BCUT2D eigenvalue weighted by Gasteiger charge is 2.15. The van der Waals surface area contributed by atoms with Gasteiger partial charge in [-0.15, -0.1) is 0 Å². The molecule has 0 aromatic carbocycles. The van der Waals surface area contributed by atoms with E-state index in [1.165, 1.54) is 0 Å². The molecule has 126 valence electrons. The van der Waals surface area contributed by atoms with E-state index in [9.17, 15) is 4.79 Å². The van der Waals surface area contributed by atoms with Gasteiger partial charge in [-0.1, -0.05) is 20.8 Å². The summed E-state index contributed by atoms with van der Waals surface area (Å²) in [5, 5.41) is 10.2. The fourth-order valence-electron chi connectivity index (χ4n) is 2.48. The summed E-state index contributed by atoms with van der Waals surface area (Å²) in [6.07, 6.45) is 4.69. The second-order valence-corrected chi connectivity index (χ2v) is 6.78. The Labute approximate surface area is 134 Å². The predicted molar refractivity (Wildman–Crippen MR) is 89.7 cm³/mol. The molecule has 6 nitrogen and oxygen atoms in total. The van der Waals surface area contributed by atoms with Crippen LogP contribution >= 0.6 is 0 Å². The lowest BCUT2D eigenvalue weighted by Gasteiger charge is -2.24. The van der Waals surface area contributed by atoms with Crippen LogP contribution < -0.4 is 10.6 Å². The van der Waals surface area contributed by atoms with Crippen LogP contribution in [0.5, 0.6) is 0 Å².